The molecule has 2 aliphatic rings. The van der Waals surface area contributed by atoms with Gasteiger partial charge in [-0.3, -0.25) is 19.7 Å². The van der Waals surface area contributed by atoms with Gasteiger partial charge in [0, 0.05) is 30.8 Å². The van der Waals surface area contributed by atoms with Crippen molar-refractivity contribution in [3.8, 4) is 17.2 Å². The van der Waals surface area contributed by atoms with Crippen LogP contribution in [0, 0.1) is 16.0 Å². The molecule has 1 saturated heterocycles. The first-order chi connectivity index (χ1) is 13.4. The van der Waals surface area contributed by atoms with E-state index in [4.69, 9.17) is 9.47 Å². The first-order valence-electron chi connectivity index (χ1n) is 8.40. The van der Waals surface area contributed by atoms with Gasteiger partial charge in [-0.05, 0) is 18.2 Å². The average Bonchev–Trinajstić information content (AvgIpc) is 3.28. The predicted octanol–water partition coefficient (Wildman–Crippen LogP) is 2.02. The quantitative estimate of drug-likeness (QED) is 0.467. The number of non-ortho nitro benzene ring substituents is 1. The molecular formula is C18H15N3O7. The lowest BCUT2D eigenvalue weighted by Crippen LogP contribution is -2.28. The number of carbonyl (C=O) groups excluding carboxylic acids is 2. The third-order valence-electron chi connectivity index (χ3n) is 4.61. The molecule has 2 aliphatic heterocycles. The van der Waals surface area contributed by atoms with Crippen LogP contribution in [0.15, 0.2) is 36.4 Å². The number of aromatic hydroxyl groups is 1. The summed E-state index contributed by atoms with van der Waals surface area (Å²) in [4.78, 5) is 36.5. The number of nitro benzene ring substituents is 1. The first kappa shape index (κ1) is 17.6. The molecule has 0 radical (unpaired) electrons. The molecule has 1 atom stereocenters. The highest BCUT2D eigenvalue weighted by Crippen LogP contribution is 2.37. The van der Waals surface area contributed by atoms with Gasteiger partial charge in [0.2, 0.25) is 18.6 Å². The van der Waals surface area contributed by atoms with Gasteiger partial charge < -0.3 is 24.8 Å². The number of carbonyl (C=O) groups is 2. The summed E-state index contributed by atoms with van der Waals surface area (Å²) in [7, 11) is 0. The van der Waals surface area contributed by atoms with Gasteiger partial charge in [-0.15, -0.1) is 0 Å². The summed E-state index contributed by atoms with van der Waals surface area (Å²) in [6.45, 7) is 0.286. The molecule has 2 amide bonds. The third-order valence-corrected chi connectivity index (χ3v) is 4.61. The maximum atomic E-state index is 12.5. The van der Waals surface area contributed by atoms with Crippen molar-refractivity contribution in [3.63, 3.8) is 0 Å². The van der Waals surface area contributed by atoms with Crippen molar-refractivity contribution < 1.29 is 29.1 Å². The van der Waals surface area contributed by atoms with E-state index in [1.807, 2.05) is 0 Å². The molecular weight excluding hydrogens is 370 g/mol. The lowest BCUT2D eigenvalue weighted by atomic mass is 10.1. The normalized spacial score (nSPS) is 17.6. The van der Waals surface area contributed by atoms with Crippen molar-refractivity contribution >= 4 is 28.9 Å². The number of ether oxygens (including phenoxy) is 2. The van der Waals surface area contributed by atoms with Crippen molar-refractivity contribution in [1.82, 2.24) is 0 Å². The first-order valence-corrected chi connectivity index (χ1v) is 8.40. The molecule has 1 unspecified atom stereocenters. The Kier molecular flexibility index (Phi) is 4.22. The smallest absolute Gasteiger partial charge is 0.273 e. The van der Waals surface area contributed by atoms with E-state index in [0.717, 1.165) is 6.07 Å². The van der Waals surface area contributed by atoms with Crippen LogP contribution < -0.4 is 19.7 Å². The molecule has 1 fully saturated rings. The molecule has 10 nitrogen and oxygen atoms in total. The van der Waals surface area contributed by atoms with Gasteiger partial charge in [0.15, 0.2) is 11.5 Å². The number of nitrogens with one attached hydrogen (secondary N) is 1. The van der Waals surface area contributed by atoms with E-state index in [0.29, 0.717) is 17.2 Å². The molecule has 0 aliphatic carbocycles. The number of phenolic OH excluding ortho intramolecular Hbond substituents is 1. The van der Waals surface area contributed by atoms with Gasteiger partial charge in [0.25, 0.3) is 5.69 Å². The summed E-state index contributed by atoms with van der Waals surface area (Å²) in [6, 6.07) is 8.48. The van der Waals surface area contributed by atoms with Gasteiger partial charge >= 0.3 is 0 Å². The second-order valence-corrected chi connectivity index (χ2v) is 6.39. The van der Waals surface area contributed by atoms with Crippen LogP contribution in [0.25, 0.3) is 0 Å². The summed E-state index contributed by atoms with van der Waals surface area (Å²) in [5.74, 6) is -0.591. The highest BCUT2D eigenvalue weighted by molar-refractivity contribution is 6.04. The zero-order valence-electron chi connectivity index (χ0n) is 14.5. The Labute approximate surface area is 158 Å². The fourth-order valence-electron chi connectivity index (χ4n) is 3.16. The number of fused-ring (bicyclic) bond motifs is 1. The zero-order chi connectivity index (χ0) is 19.8. The number of rotatable bonds is 4. The fourth-order valence-corrected chi connectivity index (χ4v) is 3.16. The monoisotopic (exact) mass is 385 g/mol. The van der Waals surface area contributed by atoms with Crippen molar-refractivity contribution in [2.45, 2.75) is 6.42 Å². The van der Waals surface area contributed by atoms with Crippen LogP contribution in [-0.2, 0) is 9.59 Å². The summed E-state index contributed by atoms with van der Waals surface area (Å²) < 4.78 is 10.6. The molecule has 144 valence electrons. The molecule has 28 heavy (non-hydrogen) atoms. The predicted molar refractivity (Wildman–Crippen MR) is 96.4 cm³/mol. The summed E-state index contributed by atoms with van der Waals surface area (Å²) in [5, 5.41) is 23.1. The van der Waals surface area contributed by atoms with E-state index in [1.54, 1.807) is 18.2 Å². The van der Waals surface area contributed by atoms with Gasteiger partial charge in [0.05, 0.1) is 22.6 Å². The number of hydrogen-bond donors (Lipinski definition) is 2. The Morgan fingerprint density at radius 3 is 2.75 bits per heavy atom. The molecule has 2 heterocycles. The SMILES string of the molecule is O=C(Nc1ccc([N+](=O)[O-])cc1O)C1CC(=O)N(c2ccc3c(c2)OCO3)C1. The second kappa shape index (κ2) is 6.72. The summed E-state index contributed by atoms with van der Waals surface area (Å²) in [6.07, 6.45) is 0.00795. The number of hydrogen-bond acceptors (Lipinski definition) is 7. The van der Waals surface area contributed by atoms with Gasteiger partial charge in [0.1, 0.15) is 5.75 Å². The molecule has 0 saturated carbocycles. The van der Waals surface area contributed by atoms with E-state index in [1.165, 1.54) is 17.0 Å². The maximum absolute atomic E-state index is 12.5. The number of nitrogens with zero attached hydrogens (tertiary/aromatic N) is 2. The van der Waals surface area contributed by atoms with Crippen LogP contribution in [0.1, 0.15) is 6.42 Å². The second-order valence-electron chi connectivity index (χ2n) is 6.39. The van der Waals surface area contributed by atoms with E-state index in [9.17, 15) is 24.8 Å². The Hall–Kier alpha value is -3.82. The minimum absolute atomic E-state index is 0.00795. The molecule has 0 aromatic heterocycles. The van der Waals surface area contributed by atoms with Crippen LogP contribution in [0.4, 0.5) is 17.1 Å². The summed E-state index contributed by atoms with van der Waals surface area (Å²) in [5.41, 5.74) is 0.354. The van der Waals surface area contributed by atoms with E-state index in [-0.39, 0.29) is 37.0 Å². The number of nitro groups is 1. The maximum Gasteiger partial charge on any atom is 0.273 e. The highest BCUT2D eigenvalue weighted by atomic mass is 16.7. The van der Waals surface area contributed by atoms with Crippen LogP contribution in [0.3, 0.4) is 0 Å². The molecule has 2 aromatic carbocycles. The largest absolute Gasteiger partial charge is 0.506 e. The van der Waals surface area contributed by atoms with Crippen LogP contribution in [-0.4, -0.2) is 35.2 Å². The topological polar surface area (TPSA) is 131 Å². The van der Waals surface area contributed by atoms with Gasteiger partial charge in [-0.1, -0.05) is 0 Å². The molecule has 2 aromatic rings. The molecule has 0 bridgehead atoms. The van der Waals surface area contributed by atoms with Gasteiger partial charge in [-0.2, -0.15) is 0 Å². The Morgan fingerprint density at radius 2 is 2.00 bits per heavy atom. The van der Waals surface area contributed by atoms with Gasteiger partial charge in [-0.25, -0.2) is 0 Å². The Bertz CT molecular complexity index is 991. The highest BCUT2D eigenvalue weighted by Gasteiger charge is 2.36. The van der Waals surface area contributed by atoms with E-state index >= 15 is 0 Å². The minimum atomic E-state index is -0.649. The number of anilines is 2. The summed E-state index contributed by atoms with van der Waals surface area (Å²) >= 11 is 0. The lowest BCUT2D eigenvalue weighted by molar-refractivity contribution is -0.384. The van der Waals surface area contributed by atoms with E-state index < -0.39 is 22.5 Å². The van der Waals surface area contributed by atoms with Crippen molar-refractivity contribution in [2.75, 3.05) is 23.6 Å². The Balaban J connectivity index is 1.46. The van der Waals surface area contributed by atoms with E-state index in [2.05, 4.69) is 5.32 Å². The van der Waals surface area contributed by atoms with Crippen LogP contribution >= 0.6 is 0 Å². The standard InChI is InChI=1S/C18H15N3O7/c22-14-6-12(21(25)26)1-3-13(14)19-18(24)10-5-17(23)20(8-10)11-2-4-15-16(7-11)28-9-27-15/h1-4,6-7,10,22H,5,8-9H2,(H,19,24). The molecule has 4 rings (SSSR count). The zero-order valence-corrected chi connectivity index (χ0v) is 14.5. The van der Waals surface area contributed by atoms with Crippen molar-refractivity contribution in [1.29, 1.82) is 0 Å². The lowest BCUT2D eigenvalue weighted by Gasteiger charge is -2.17. The van der Waals surface area contributed by atoms with Crippen LogP contribution in [0.5, 0.6) is 17.2 Å². The number of amides is 2. The van der Waals surface area contributed by atoms with Crippen LogP contribution in [0.2, 0.25) is 0 Å². The third kappa shape index (κ3) is 3.15. The average molecular weight is 385 g/mol. The minimum Gasteiger partial charge on any atom is -0.506 e. The number of benzene rings is 2. The van der Waals surface area contributed by atoms with Crippen molar-refractivity contribution in [3.05, 3.63) is 46.5 Å². The molecule has 2 N–H and O–H groups in total. The molecule has 0 spiro atoms. The molecule has 10 heteroatoms. The number of phenols is 1. The Morgan fingerprint density at radius 1 is 1.21 bits per heavy atom. The fraction of sp³-hybridized carbons (Fsp3) is 0.222. The van der Waals surface area contributed by atoms with Crippen molar-refractivity contribution in [2.24, 2.45) is 5.92 Å².